The molecule has 0 saturated heterocycles. The Morgan fingerprint density at radius 2 is 1.77 bits per heavy atom. The Balaban J connectivity index is 1.80. The molecule has 2 heterocycles. The summed E-state index contributed by atoms with van der Waals surface area (Å²) in [7, 11) is 1.38. The van der Waals surface area contributed by atoms with Crippen LogP contribution in [-0.2, 0) is 27.3 Å². The van der Waals surface area contributed by atoms with E-state index >= 15 is 0 Å². The maximum Gasteiger partial charge on any atom is 0.347 e. The number of rotatable bonds is 12. The van der Waals surface area contributed by atoms with Crippen molar-refractivity contribution in [3.63, 3.8) is 0 Å². The summed E-state index contributed by atoms with van der Waals surface area (Å²) < 4.78 is 13.0. The van der Waals surface area contributed by atoms with Gasteiger partial charge in [0.25, 0.3) is 0 Å². The number of carbonyl (C=O) groups is 2. The Hall–Kier alpha value is -3.42. The standard InChI is InChI=1S/C27H36N4O4/c1-6-8-24-30-26-21(14-15-23(29-26)28-25(32)9-7-2)31(24)17-19-10-12-20(13-11-19)35-22(16-18(3)4)27(33)34-5/h10-15,18,22H,6-9,16-17H2,1-5H3,(H,28,29,32). The Kier molecular flexibility index (Phi) is 9.23. The number of ether oxygens (including phenoxy) is 2. The molecule has 1 N–H and O–H groups in total. The highest BCUT2D eigenvalue weighted by Gasteiger charge is 2.22. The second-order valence-corrected chi connectivity index (χ2v) is 9.10. The predicted octanol–water partition coefficient (Wildman–Crippen LogP) is 5.14. The van der Waals surface area contributed by atoms with E-state index in [2.05, 4.69) is 21.8 Å². The molecule has 0 saturated carbocycles. The Morgan fingerprint density at radius 1 is 1.03 bits per heavy atom. The van der Waals surface area contributed by atoms with Gasteiger partial charge in [0.15, 0.2) is 11.8 Å². The first-order chi connectivity index (χ1) is 16.8. The first-order valence-corrected chi connectivity index (χ1v) is 12.3. The highest BCUT2D eigenvalue weighted by molar-refractivity contribution is 5.90. The number of nitrogens with one attached hydrogen (secondary N) is 1. The number of benzene rings is 1. The first-order valence-electron chi connectivity index (χ1n) is 12.3. The minimum Gasteiger partial charge on any atom is -0.479 e. The van der Waals surface area contributed by atoms with Crippen molar-refractivity contribution in [1.29, 1.82) is 0 Å². The van der Waals surface area contributed by atoms with Crippen molar-refractivity contribution >= 4 is 28.9 Å². The van der Waals surface area contributed by atoms with Gasteiger partial charge in [0.05, 0.1) is 12.6 Å². The molecule has 0 aliphatic carbocycles. The van der Waals surface area contributed by atoms with Gasteiger partial charge < -0.3 is 19.4 Å². The summed E-state index contributed by atoms with van der Waals surface area (Å²) in [6, 6.07) is 11.5. The van der Waals surface area contributed by atoms with Gasteiger partial charge in [-0.15, -0.1) is 0 Å². The smallest absolute Gasteiger partial charge is 0.347 e. The summed E-state index contributed by atoms with van der Waals surface area (Å²) in [4.78, 5) is 33.4. The third-order valence-electron chi connectivity index (χ3n) is 5.60. The van der Waals surface area contributed by atoms with E-state index in [1.165, 1.54) is 7.11 Å². The van der Waals surface area contributed by atoms with E-state index in [4.69, 9.17) is 14.5 Å². The van der Waals surface area contributed by atoms with Crippen molar-refractivity contribution in [3.05, 3.63) is 47.8 Å². The fourth-order valence-corrected chi connectivity index (χ4v) is 3.92. The number of amides is 1. The number of hydrogen-bond donors (Lipinski definition) is 1. The molecular formula is C27H36N4O4. The fraction of sp³-hybridized carbons (Fsp3) is 0.481. The second kappa shape index (κ2) is 12.3. The molecule has 8 nitrogen and oxygen atoms in total. The average molecular weight is 481 g/mol. The van der Waals surface area contributed by atoms with Gasteiger partial charge in [-0.25, -0.2) is 14.8 Å². The molecular weight excluding hydrogens is 444 g/mol. The van der Waals surface area contributed by atoms with Crippen LogP contribution in [0, 0.1) is 5.92 Å². The highest BCUT2D eigenvalue weighted by Crippen LogP contribution is 2.22. The van der Waals surface area contributed by atoms with Gasteiger partial charge in [-0.1, -0.05) is 39.8 Å². The average Bonchev–Trinajstić information content (AvgIpc) is 3.15. The van der Waals surface area contributed by atoms with Crippen molar-refractivity contribution < 1.29 is 19.1 Å². The molecule has 1 aromatic carbocycles. The molecule has 0 fully saturated rings. The van der Waals surface area contributed by atoms with Gasteiger partial charge in [-0.2, -0.15) is 0 Å². The molecule has 0 aliphatic heterocycles. The number of esters is 1. The van der Waals surface area contributed by atoms with Crippen LogP contribution < -0.4 is 10.1 Å². The van der Waals surface area contributed by atoms with E-state index in [9.17, 15) is 9.59 Å². The quantitative estimate of drug-likeness (QED) is 0.361. The van der Waals surface area contributed by atoms with Gasteiger partial charge >= 0.3 is 5.97 Å². The third kappa shape index (κ3) is 7.04. The topological polar surface area (TPSA) is 95.3 Å². The number of aromatic nitrogens is 3. The molecule has 35 heavy (non-hydrogen) atoms. The number of imidazole rings is 1. The lowest BCUT2D eigenvalue weighted by atomic mass is 10.1. The number of pyridine rings is 1. The largest absolute Gasteiger partial charge is 0.479 e. The third-order valence-corrected chi connectivity index (χ3v) is 5.60. The zero-order valence-electron chi connectivity index (χ0n) is 21.3. The number of nitrogens with zero attached hydrogens (tertiary/aromatic N) is 3. The summed E-state index contributed by atoms with van der Waals surface area (Å²) in [5.74, 6) is 2.00. The van der Waals surface area contributed by atoms with Crippen LogP contribution in [0.5, 0.6) is 5.75 Å². The lowest BCUT2D eigenvalue weighted by molar-refractivity contribution is -0.149. The van der Waals surface area contributed by atoms with Crippen molar-refractivity contribution in [2.24, 2.45) is 5.92 Å². The monoisotopic (exact) mass is 480 g/mol. The van der Waals surface area contributed by atoms with Crippen LogP contribution in [0.4, 0.5) is 5.82 Å². The van der Waals surface area contributed by atoms with Gasteiger partial charge in [0.1, 0.15) is 17.4 Å². The van der Waals surface area contributed by atoms with E-state index in [0.717, 1.165) is 36.2 Å². The van der Waals surface area contributed by atoms with E-state index in [1.54, 1.807) is 0 Å². The Labute approximate surface area is 207 Å². The van der Waals surface area contributed by atoms with Crippen molar-refractivity contribution in [3.8, 4) is 5.75 Å². The van der Waals surface area contributed by atoms with Crippen LogP contribution in [0.15, 0.2) is 36.4 Å². The van der Waals surface area contributed by atoms with E-state index in [1.807, 2.05) is 57.2 Å². The summed E-state index contributed by atoms with van der Waals surface area (Å²) in [6.45, 7) is 8.80. The maximum absolute atomic E-state index is 12.1. The number of methoxy groups -OCH3 is 1. The van der Waals surface area contributed by atoms with Crippen molar-refractivity contribution in [1.82, 2.24) is 14.5 Å². The molecule has 1 unspecified atom stereocenters. The number of aryl methyl sites for hydroxylation is 1. The van der Waals surface area contributed by atoms with Crippen LogP contribution in [0.3, 0.4) is 0 Å². The predicted molar refractivity (Wildman–Crippen MR) is 136 cm³/mol. The van der Waals surface area contributed by atoms with Gasteiger partial charge in [-0.05, 0) is 55.0 Å². The van der Waals surface area contributed by atoms with Crippen LogP contribution in [0.25, 0.3) is 11.2 Å². The van der Waals surface area contributed by atoms with Crippen LogP contribution >= 0.6 is 0 Å². The van der Waals surface area contributed by atoms with Crippen molar-refractivity contribution in [2.75, 3.05) is 12.4 Å². The maximum atomic E-state index is 12.1. The molecule has 0 spiro atoms. The molecule has 188 valence electrons. The van der Waals surface area contributed by atoms with E-state index in [0.29, 0.717) is 42.5 Å². The number of carbonyl (C=O) groups excluding carboxylic acids is 2. The van der Waals surface area contributed by atoms with E-state index in [-0.39, 0.29) is 11.9 Å². The summed E-state index contributed by atoms with van der Waals surface area (Å²) in [6.07, 6.45) is 2.99. The Morgan fingerprint density at radius 3 is 2.40 bits per heavy atom. The molecule has 2 aromatic heterocycles. The van der Waals surface area contributed by atoms with Crippen LogP contribution in [0.1, 0.15) is 64.8 Å². The lowest BCUT2D eigenvalue weighted by Gasteiger charge is -2.19. The molecule has 8 heteroatoms. The van der Waals surface area contributed by atoms with E-state index < -0.39 is 6.10 Å². The molecule has 0 bridgehead atoms. The molecule has 0 radical (unpaired) electrons. The zero-order valence-corrected chi connectivity index (χ0v) is 21.3. The van der Waals surface area contributed by atoms with Crippen molar-refractivity contribution in [2.45, 2.75) is 72.4 Å². The van der Waals surface area contributed by atoms with Crippen LogP contribution in [0.2, 0.25) is 0 Å². The summed E-state index contributed by atoms with van der Waals surface area (Å²) >= 11 is 0. The minimum atomic E-state index is -0.627. The highest BCUT2D eigenvalue weighted by atomic mass is 16.6. The minimum absolute atomic E-state index is 0.0438. The molecule has 0 aliphatic rings. The van der Waals surface area contributed by atoms with Gasteiger partial charge in [0, 0.05) is 19.4 Å². The number of anilines is 1. The molecule has 3 rings (SSSR count). The molecule has 3 aromatic rings. The molecule has 1 amide bonds. The van der Waals surface area contributed by atoms with Crippen LogP contribution in [-0.4, -0.2) is 39.6 Å². The normalized spacial score (nSPS) is 12.1. The lowest BCUT2D eigenvalue weighted by Crippen LogP contribution is -2.30. The van der Waals surface area contributed by atoms with Gasteiger partial charge in [0.2, 0.25) is 5.91 Å². The Bertz CT molecular complexity index is 1140. The first kappa shape index (κ1) is 26.2. The van der Waals surface area contributed by atoms with Gasteiger partial charge in [-0.3, -0.25) is 4.79 Å². The SMILES string of the molecule is CCCC(=O)Nc1ccc2c(n1)nc(CCC)n2Cc1ccc(OC(CC(C)C)C(=O)OC)cc1. The fourth-order valence-electron chi connectivity index (χ4n) is 3.92. The summed E-state index contributed by atoms with van der Waals surface area (Å²) in [5.41, 5.74) is 2.62. The number of fused-ring (bicyclic) bond motifs is 1. The summed E-state index contributed by atoms with van der Waals surface area (Å²) in [5, 5.41) is 2.84. The second-order valence-electron chi connectivity index (χ2n) is 9.10. The zero-order chi connectivity index (χ0) is 25.4. The molecule has 1 atom stereocenters. The number of hydrogen-bond acceptors (Lipinski definition) is 6.